The van der Waals surface area contributed by atoms with Gasteiger partial charge in [-0.3, -0.25) is 19.3 Å². The molecule has 0 amide bonds. The Morgan fingerprint density at radius 1 is 1.03 bits per heavy atom. The number of nitrogens with one attached hydrogen (secondary N) is 1. The number of hydrogen-bond acceptors (Lipinski definition) is 9. The first-order valence-corrected chi connectivity index (χ1v) is 11.5. The fraction of sp³-hybridized carbons (Fsp3) is 0.148. The molecule has 1 aromatic carbocycles. The van der Waals surface area contributed by atoms with Crippen molar-refractivity contribution in [3.05, 3.63) is 100 Å². The van der Waals surface area contributed by atoms with Gasteiger partial charge >= 0.3 is 0 Å². The summed E-state index contributed by atoms with van der Waals surface area (Å²) in [5, 5.41) is 3.88. The third kappa shape index (κ3) is 4.70. The van der Waals surface area contributed by atoms with Crippen molar-refractivity contribution in [2.24, 2.45) is 0 Å². The molecule has 1 unspecified atom stereocenters. The zero-order chi connectivity index (χ0) is 25.9. The summed E-state index contributed by atoms with van der Waals surface area (Å²) in [4.78, 5) is 39.6. The van der Waals surface area contributed by atoms with Gasteiger partial charge in [0.05, 0.1) is 35.0 Å². The highest BCUT2D eigenvalue weighted by molar-refractivity contribution is 5.81. The lowest BCUT2D eigenvalue weighted by Gasteiger charge is -2.21. The van der Waals surface area contributed by atoms with Crippen LogP contribution in [0.5, 0.6) is 0 Å². The molecule has 0 radical (unpaired) electrons. The summed E-state index contributed by atoms with van der Waals surface area (Å²) in [5.41, 5.74) is 9.86. The van der Waals surface area contributed by atoms with Gasteiger partial charge in [-0.25, -0.2) is 19.9 Å². The number of rotatable bonds is 4. The zero-order valence-corrected chi connectivity index (χ0v) is 20.5. The lowest BCUT2D eigenvalue weighted by molar-refractivity contribution is 0.728. The number of fused-ring (bicyclic) bond motifs is 1. The third-order valence-corrected chi connectivity index (χ3v) is 5.75. The van der Waals surface area contributed by atoms with Crippen LogP contribution >= 0.6 is 0 Å². The molecular weight excluding hydrogens is 466 g/mol. The van der Waals surface area contributed by atoms with Gasteiger partial charge in [0.15, 0.2) is 0 Å². The molecule has 1 atom stereocenters. The molecular formula is C27H23N9O. The van der Waals surface area contributed by atoms with Gasteiger partial charge in [-0.05, 0) is 50.0 Å². The Labute approximate surface area is 212 Å². The first-order chi connectivity index (χ1) is 17.9. The Morgan fingerprint density at radius 3 is 2.68 bits per heavy atom. The van der Waals surface area contributed by atoms with Crippen LogP contribution in [-0.2, 0) is 0 Å². The van der Waals surface area contributed by atoms with Crippen LogP contribution in [0.1, 0.15) is 41.2 Å². The van der Waals surface area contributed by atoms with Crippen LogP contribution in [0.3, 0.4) is 0 Å². The minimum atomic E-state index is -0.468. The predicted molar refractivity (Wildman–Crippen MR) is 141 cm³/mol. The average molecular weight is 490 g/mol. The molecule has 3 N–H and O–H groups in total. The van der Waals surface area contributed by atoms with E-state index in [0.29, 0.717) is 39.5 Å². The van der Waals surface area contributed by atoms with Gasteiger partial charge in [-0.2, -0.15) is 0 Å². The summed E-state index contributed by atoms with van der Waals surface area (Å²) in [6.07, 6.45) is 9.42. The SMILES string of the molecule is Cc1cncc(-n2c(C(C)Nc3ncnc(N)c3C#Cc3cnccn3)nc3cccc(C)c3c2=O)c1. The highest BCUT2D eigenvalue weighted by Crippen LogP contribution is 2.25. The molecule has 10 nitrogen and oxygen atoms in total. The molecule has 0 aliphatic rings. The van der Waals surface area contributed by atoms with E-state index in [1.807, 2.05) is 45.0 Å². The van der Waals surface area contributed by atoms with Crippen LogP contribution in [0.2, 0.25) is 0 Å². The molecule has 5 aromatic rings. The summed E-state index contributed by atoms with van der Waals surface area (Å²) in [7, 11) is 0. The number of hydrogen-bond donors (Lipinski definition) is 2. The van der Waals surface area contributed by atoms with Crippen molar-refractivity contribution in [1.82, 2.24) is 34.5 Å². The Bertz CT molecular complexity index is 1740. The minimum absolute atomic E-state index is 0.177. The van der Waals surface area contributed by atoms with Crippen LogP contribution in [0, 0.1) is 25.7 Å². The second-order valence-electron chi connectivity index (χ2n) is 8.49. The zero-order valence-electron chi connectivity index (χ0n) is 20.5. The second-order valence-corrected chi connectivity index (χ2v) is 8.49. The Kier molecular flexibility index (Phi) is 6.26. The maximum Gasteiger partial charge on any atom is 0.266 e. The van der Waals surface area contributed by atoms with Crippen LogP contribution in [-0.4, -0.2) is 34.5 Å². The number of nitrogens with zero attached hydrogens (tertiary/aromatic N) is 7. The highest BCUT2D eigenvalue weighted by atomic mass is 16.1. The largest absolute Gasteiger partial charge is 0.382 e. The molecule has 0 saturated carbocycles. The second kappa shape index (κ2) is 9.83. The van der Waals surface area contributed by atoms with Gasteiger partial charge in [0.25, 0.3) is 5.56 Å². The van der Waals surface area contributed by atoms with Crippen molar-refractivity contribution < 1.29 is 0 Å². The summed E-state index contributed by atoms with van der Waals surface area (Å²) >= 11 is 0. The minimum Gasteiger partial charge on any atom is -0.382 e. The summed E-state index contributed by atoms with van der Waals surface area (Å²) in [5.74, 6) is 7.03. The van der Waals surface area contributed by atoms with Crippen LogP contribution in [0.25, 0.3) is 16.6 Å². The third-order valence-electron chi connectivity index (χ3n) is 5.75. The fourth-order valence-corrected chi connectivity index (χ4v) is 4.01. The van der Waals surface area contributed by atoms with E-state index in [1.54, 1.807) is 35.6 Å². The van der Waals surface area contributed by atoms with Crippen LogP contribution in [0.15, 0.2) is 66.4 Å². The van der Waals surface area contributed by atoms with E-state index in [-0.39, 0.29) is 11.4 Å². The van der Waals surface area contributed by atoms with Gasteiger partial charge in [0.1, 0.15) is 35.0 Å². The van der Waals surface area contributed by atoms with Crippen LogP contribution in [0.4, 0.5) is 11.6 Å². The molecule has 0 bridgehead atoms. The lowest BCUT2D eigenvalue weighted by atomic mass is 10.1. The predicted octanol–water partition coefficient (Wildman–Crippen LogP) is 3.13. The van der Waals surface area contributed by atoms with Crippen molar-refractivity contribution in [3.8, 4) is 17.5 Å². The van der Waals surface area contributed by atoms with E-state index in [0.717, 1.165) is 11.1 Å². The molecule has 0 saturated heterocycles. The van der Waals surface area contributed by atoms with E-state index in [2.05, 4.69) is 42.1 Å². The van der Waals surface area contributed by atoms with E-state index < -0.39 is 6.04 Å². The number of pyridine rings is 1. The summed E-state index contributed by atoms with van der Waals surface area (Å²) in [6.45, 7) is 5.72. The Hall–Kier alpha value is -5.17. The van der Waals surface area contributed by atoms with Gasteiger partial charge in [-0.15, -0.1) is 0 Å². The number of aromatic nitrogens is 7. The molecule has 4 aromatic heterocycles. The molecule has 5 rings (SSSR count). The number of nitrogen functional groups attached to an aromatic ring is 1. The maximum absolute atomic E-state index is 13.8. The molecule has 0 aliphatic heterocycles. The summed E-state index contributed by atoms with van der Waals surface area (Å²) in [6, 6.07) is 7.05. The maximum atomic E-state index is 13.8. The van der Waals surface area contributed by atoms with E-state index in [1.165, 1.54) is 6.33 Å². The number of anilines is 2. The van der Waals surface area contributed by atoms with Gasteiger partial charge < -0.3 is 11.1 Å². The van der Waals surface area contributed by atoms with Gasteiger partial charge in [0, 0.05) is 18.6 Å². The Morgan fingerprint density at radius 2 is 1.89 bits per heavy atom. The fourth-order valence-electron chi connectivity index (χ4n) is 4.01. The van der Waals surface area contributed by atoms with E-state index in [4.69, 9.17) is 10.7 Å². The van der Waals surface area contributed by atoms with Crippen molar-refractivity contribution in [2.75, 3.05) is 11.1 Å². The average Bonchev–Trinajstić information content (AvgIpc) is 2.88. The molecule has 182 valence electrons. The standard InChI is InChI=1S/C27H23N9O/c1-16-11-20(14-30-12-16)36-26(35-22-6-4-5-17(2)23(22)27(36)37)18(3)34-25-21(24(28)32-15-33-25)8-7-19-13-29-9-10-31-19/h4-6,9-15,18H,1-3H3,(H3,28,32,33,34). The van der Waals surface area contributed by atoms with E-state index >= 15 is 0 Å². The first-order valence-electron chi connectivity index (χ1n) is 11.5. The van der Waals surface area contributed by atoms with Gasteiger partial charge in [-0.1, -0.05) is 18.1 Å². The highest BCUT2D eigenvalue weighted by Gasteiger charge is 2.21. The number of benzene rings is 1. The molecule has 0 aliphatic carbocycles. The quantitative estimate of drug-likeness (QED) is 0.365. The van der Waals surface area contributed by atoms with Crippen molar-refractivity contribution in [1.29, 1.82) is 0 Å². The summed E-state index contributed by atoms with van der Waals surface area (Å²) < 4.78 is 1.59. The molecule has 37 heavy (non-hydrogen) atoms. The molecule has 10 heteroatoms. The molecule has 0 fully saturated rings. The number of nitrogens with two attached hydrogens (primary N) is 1. The normalized spacial score (nSPS) is 11.5. The monoisotopic (exact) mass is 489 g/mol. The molecule has 4 heterocycles. The molecule has 0 spiro atoms. The van der Waals surface area contributed by atoms with Crippen molar-refractivity contribution in [2.45, 2.75) is 26.8 Å². The topological polar surface area (TPSA) is 137 Å². The first kappa shape index (κ1) is 23.6. The van der Waals surface area contributed by atoms with E-state index in [9.17, 15) is 4.79 Å². The smallest absolute Gasteiger partial charge is 0.266 e. The van der Waals surface area contributed by atoms with Gasteiger partial charge in [0.2, 0.25) is 0 Å². The Balaban J connectivity index is 1.64. The van der Waals surface area contributed by atoms with Crippen molar-refractivity contribution in [3.63, 3.8) is 0 Å². The number of aryl methyl sites for hydroxylation is 2. The van der Waals surface area contributed by atoms with Crippen LogP contribution < -0.4 is 16.6 Å². The van der Waals surface area contributed by atoms with Crippen molar-refractivity contribution >= 4 is 22.5 Å². The lowest BCUT2D eigenvalue weighted by Crippen LogP contribution is -2.28.